The van der Waals surface area contributed by atoms with E-state index in [2.05, 4.69) is 30.6 Å². The summed E-state index contributed by atoms with van der Waals surface area (Å²) in [6, 6.07) is 8.78. The SMILES string of the molecule is CC(C)n1ccc2c(OC3CCC(N)CC3)ccc(C#N)c21. The highest BCUT2D eigenvalue weighted by Crippen LogP contribution is 2.33. The molecule has 0 atom stereocenters. The molecule has 2 N–H and O–H groups in total. The zero-order valence-electron chi connectivity index (χ0n) is 13.2. The van der Waals surface area contributed by atoms with Crippen LogP contribution < -0.4 is 10.5 Å². The Labute approximate surface area is 131 Å². The molecule has 1 aromatic heterocycles. The number of nitrogens with zero attached hydrogens (tertiary/aromatic N) is 2. The van der Waals surface area contributed by atoms with Crippen LogP contribution in [0.15, 0.2) is 24.4 Å². The predicted molar refractivity (Wildman–Crippen MR) is 87.9 cm³/mol. The van der Waals surface area contributed by atoms with Gasteiger partial charge in [0.25, 0.3) is 0 Å². The molecule has 4 nitrogen and oxygen atoms in total. The molecule has 1 aliphatic rings. The van der Waals surface area contributed by atoms with Gasteiger partial charge < -0.3 is 15.0 Å². The van der Waals surface area contributed by atoms with Gasteiger partial charge in [0.05, 0.1) is 17.2 Å². The van der Waals surface area contributed by atoms with E-state index in [0.717, 1.165) is 42.3 Å². The molecular formula is C18H23N3O. The van der Waals surface area contributed by atoms with Crippen molar-refractivity contribution in [1.82, 2.24) is 4.57 Å². The Morgan fingerprint density at radius 1 is 1.23 bits per heavy atom. The van der Waals surface area contributed by atoms with Crippen LogP contribution in [-0.2, 0) is 0 Å². The van der Waals surface area contributed by atoms with Gasteiger partial charge in [0.2, 0.25) is 0 Å². The maximum Gasteiger partial charge on any atom is 0.129 e. The fraction of sp³-hybridized carbons (Fsp3) is 0.500. The van der Waals surface area contributed by atoms with Gasteiger partial charge in [0, 0.05) is 23.7 Å². The van der Waals surface area contributed by atoms with Crippen molar-refractivity contribution in [2.75, 3.05) is 0 Å². The van der Waals surface area contributed by atoms with E-state index in [9.17, 15) is 5.26 Å². The summed E-state index contributed by atoms with van der Waals surface area (Å²) in [5.41, 5.74) is 7.64. The van der Waals surface area contributed by atoms with E-state index < -0.39 is 0 Å². The molecule has 0 saturated heterocycles. The first kappa shape index (κ1) is 14.9. The number of aromatic nitrogens is 1. The molecule has 1 fully saturated rings. The summed E-state index contributed by atoms with van der Waals surface area (Å²) < 4.78 is 8.37. The lowest BCUT2D eigenvalue weighted by Crippen LogP contribution is -2.31. The Morgan fingerprint density at radius 3 is 2.59 bits per heavy atom. The van der Waals surface area contributed by atoms with E-state index in [1.807, 2.05) is 18.3 Å². The average molecular weight is 297 g/mol. The Bertz CT molecular complexity index is 703. The van der Waals surface area contributed by atoms with Crippen LogP contribution in [0.3, 0.4) is 0 Å². The predicted octanol–water partition coefficient (Wildman–Crippen LogP) is 3.74. The third-order valence-electron chi connectivity index (χ3n) is 4.53. The standard InChI is InChI=1S/C18H23N3O/c1-12(2)21-10-9-16-17(8-3-13(11-19)18(16)21)22-15-6-4-14(20)5-7-15/h3,8-10,12,14-15H,4-7,20H2,1-2H3. The maximum atomic E-state index is 9.38. The van der Waals surface area contributed by atoms with Crippen LogP contribution in [0.2, 0.25) is 0 Å². The van der Waals surface area contributed by atoms with Gasteiger partial charge in [-0.15, -0.1) is 0 Å². The van der Waals surface area contributed by atoms with Crippen LogP contribution in [0, 0.1) is 11.3 Å². The summed E-state index contributed by atoms with van der Waals surface area (Å²) in [7, 11) is 0. The molecule has 0 bridgehead atoms. The minimum absolute atomic E-state index is 0.235. The van der Waals surface area contributed by atoms with Crippen molar-refractivity contribution in [3.8, 4) is 11.8 Å². The van der Waals surface area contributed by atoms with Gasteiger partial charge in [-0.05, 0) is 57.7 Å². The monoisotopic (exact) mass is 297 g/mol. The van der Waals surface area contributed by atoms with Crippen molar-refractivity contribution in [3.63, 3.8) is 0 Å². The summed E-state index contributed by atoms with van der Waals surface area (Å²) in [4.78, 5) is 0. The van der Waals surface area contributed by atoms with Crippen LogP contribution in [0.1, 0.15) is 51.1 Å². The van der Waals surface area contributed by atoms with Gasteiger partial charge in [-0.25, -0.2) is 0 Å². The summed E-state index contributed by atoms with van der Waals surface area (Å²) in [6.07, 6.45) is 6.34. The molecule has 0 spiro atoms. The van der Waals surface area contributed by atoms with Gasteiger partial charge >= 0.3 is 0 Å². The number of nitriles is 1. The zero-order valence-corrected chi connectivity index (χ0v) is 13.2. The second kappa shape index (κ2) is 6.02. The Balaban J connectivity index is 1.96. The molecule has 3 rings (SSSR count). The summed E-state index contributed by atoms with van der Waals surface area (Å²) in [6.45, 7) is 4.24. The van der Waals surface area contributed by atoms with Crippen LogP contribution in [0.5, 0.6) is 5.75 Å². The zero-order chi connectivity index (χ0) is 15.7. The van der Waals surface area contributed by atoms with Gasteiger partial charge in [-0.2, -0.15) is 5.26 Å². The highest BCUT2D eigenvalue weighted by Gasteiger charge is 2.21. The van der Waals surface area contributed by atoms with Crippen LogP contribution in [-0.4, -0.2) is 16.7 Å². The molecule has 4 heteroatoms. The average Bonchev–Trinajstić information content (AvgIpc) is 2.95. The molecule has 22 heavy (non-hydrogen) atoms. The number of fused-ring (bicyclic) bond motifs is 1. The van der Waals surface area contributed by atoms with Gasteiger partial charge in [0.1, 0.15) is 11.8 Å². The Kier molecular flexibility index (Phi) is 4.08. The third kappa shape index (κ3) is 2.69. The number of nitrogens with two attached hydrogens (primary N) is 1. The molecule has 1 aromatic carbocycles. The van der Waals surface area contributed by atoms with E-state index in [0.29, 0.717) is 17.6 Å². The minimum Gasteiger partial charge on any atom is -0.490 e. The van der Waals surface area contributed by atoms with Crippen molar-refractivity contribution in [1.29, 1.82) is 5.26 Å². The lowest BCUT2D eigenvalue weighted by molar-refractivity contribution is 0.149. The second-order valence-corrected chi connectivity index (χ2v) is 6.46. The molecule has 0 aliphatic heterocycles. The Hall–Kier alpha value is -1.99. The molecule has 0 amide bonds. The highest BCUT2D eigenvalue weighted by molar-refractivity contribution is 5.91. The van der Waals surface area contributed by atoms with Crippen molar-refractivity contribution < 1.29 is 4.74 Å². The fourth-order valence-electron chi connectivity index (χ4n) is 3.27. The minimum atomic E-state index is 0.235. The molecule has 1 aliphatic carbocycles. The molecule has 2 aromatic rings. The van der Waals surface area contributed by atoms with Crippen LogP contribution in [0.25, 0.3) is 10.9 Å². The first-order valence-electron chi connectivity index (χ1n) is 8.06. The first-order valence-corrected chi connectivity index (χ1v) is 8.06. The molecular weight excluding hydrogens is 274 g/mol. The molecule has 1 heterocycles. The Morgan fingerprint density at radius 2 is 1.95 bits per heavy atom. The van der Waals surface area contributed by atoms with E-state index in [1.54, 1.807) is 0 Å². The molecule has 1 saturated carbocycles. The van der Waals surface area contributed by atoms with Crippen molar-refractivity contribution in [2.24, 2.45) is 5.73 Å². The van der Waals surface area contributed by atoms with Crippen LogP contribution >= 0.6 is 0 Å². The second-order valence-electron chi connectivity index (χ2n) is 6.46. The summed E-state index contributed by atoms with van der Waals surface area (Å²) in [5, 5.41) is 10.4. The summed E-state index contributed by atoms with van der Waals surface area (Å²) >= 11 is 0. The van der Waals surface area contributed by atoms with E-state index in [4.69, 9.17) is 10.5 Å². The van der Waals surface area contributed by atoms with E-state index in [1.165, 1.54) is 0 Å². The first-order chi connectivity index (χ1) is 10.6. The quantitative estimate of drug-likeness (QED) is 0.938. The van der Waals surface area contributed by atoms with Crippen molar-refractivity contribution in [3.05, 3.63) is 30.0 Å². The lowest BCUT2D eigenvalue weighted by atomic mass is 9.93. The molecule has 0 unspecified atom stereocenters. The van der Waals surface area contributed by atoms with Crippen molar-refractivity contribution >= 4 is 10.9 Å². The molecule has 0 radical (unpaired) electrons. The molecule has 116 valence electrons. The number of hydrogen-bond acceptors (Lipinski definition) is 3. The van der Waals surface area contributed by atoms with Gasteiger partial charge in [-0.1, -0.05) is 0 Å². The lowest BCUT2D eigenvalue weighted by Gasteiger charge is -2.27. The van der Waals surface area contributed by atoms with E-state index >= 15 is 0 Å². The smallest absolute Gasteiger partial charge is 0.129 e. The van der Waals surface area contributed by atoms with E-state index in [-0.39, 0.29) is 6.10 Å². The third-order valence-corrected chi connectivity index (χ3v) is 4.53. The maximum absolute atomic E-state index is 9.38. The number of benzene rings is 1. The largest absolute Gasteiger partial charge is 0.490 e. The fourth-order valence-corrected chi connectivity index (χ4v) is 3.27. The van der Waals surface area contributed by atoms with Crippen molar-refractivity contribution in [2.45, 2.75) is 57.7 Å². The highest BCUT2D eigenvalue weighted by atomic mass is 16.5. The van der Waals surface area contributed by atoms with Gasteiger partial charge in [0.15, 0.2) is 0 Å². The normalized spacial score (nSPS) is 22.0. The number of rotatable bonds is 3. The van der Waals surface area contributed by atoms with Crippen LogP contribution in [0.4, 0.5) is 0 Å². The number of ether oxygens (including phenoxy) is 1. The topological polar surface area (TPSA) is 64.0 Å². The number of hydrogen-bond donors (Lipinski definition) is 1. The summed E-state index contributed by atoms with van der Waals surface area (Å²) in [5.74, 6) is 0.883. The van der Waals surface area contributed by atoms with Gasteiger partial charge in [-0.3, -0.25) is 0 Å².